The Morgan fingerprint density at radius 1 is 1.32 bits per heavy atom. The van der Waals surface area contributed by atoms with Gasteiger partial charge in [-0.15, -0.1) is 0 Å². The van der Waals surface area contributed by atoms with Gasteiger partial charge >= 0.3 is 12.0 Å². The molecular weight excluding hydrogens is 248 g/mol. The third kappa shape index (κ3) is 4.59. The molecule has 0 spiro atoms. The number of hydrogen-bond donors (Lipinski definition) is 4. The first-order valence-corrected chi connectivity index (χ1v) is 5.93. The number of anilines is 1. The van der Waals surface area contributed by atoms with Crippen LogP contribution in [-0.4, -0.2) is 34.9 Å². The zero-order valence-electron chi connectivity index (χ0n) is 10.9. The molecule has 19 heavy (non-hydrogen) atoms. The molecule has 1 atom stereocenters. The summed E-state index contributed by atoms with van der Waals surface area (Å²) in [6.45, 7) is 3.94. The van der Waals surface area contributed by atoms with Gasteiger partial charge in [0.15, 0.2) is 6.10 Å². The molecule has 0 bridgehead atoms. The lowest BCUT2D eigenvalue weighted by Gasteiger charge is -2.12. The minimum absolute atomic E-state index is 0.0322. The van der Waals surface area contributed by atoms with Gasteiger partial charge in [-0.3, -0.25) is 0 Å². The standard InChI is InChI=1S/C13H18N2O4/c1-8-4-3-5-10(9(8)2)15-13(19)14-7-6-11(16)12(17)18/h3-5,11,16H,6-7H2,1-2H3,(H,17,18)(H2,14,15,19)/t11-/m0/s1. The molecule has 1 aromatic rings. The summed E-state index contributed by atoms with van der Waals surface area (Å²) < 4.78 is 0. The van der Waals surface area contributed by atoms with Crippen LogP contribution in [0.3, 0.4) is 0 Å². The molecule has 6 nitrogen and oxygen atoms in total. The van der Waals surface area contributed by atoms with Crippen LogP contribution in [0.15, 0.2) is 18.2 Å². The Balaban J connectivity index is 2.43. The number of benzene rings is 1. The van der Waals surface area contributed by atoms with Crippen LogP contribution in [0.4, 0.5) is 10.5 Å². The normalized spacial score (nSPS) is 11.7. The number of aliphatic hydroxyl groups is 1. The highest BCUT2D eigenvalue weighted by molar-refractivity contribution is 5.90. The summed E-state index contributed by atoms with van der Waals surface area (Å²) >= 11 is 0. The van der Waals surface area contributed by atoms with E-state index in [1.54, 1.807) is 6.07 Å². The van der Waals surface area contributed by atoms with Crippen molar-refractivity contribution in [3.05, 3.63) is 29.3 Å². The number of aryl methyl sites for hydroxylation is 1. The van der Waals surface area contributed by atoms with E-state index in [4.69, 9.17) is 10.2 Å². The van der Waals surface area contributed by atoms with Gasteiger partial charge in [0.05, 0.1) is 0 Å². The number of carbonyl (C=O) groups is 2. The zero-order valence-corrected chi connectivity index (χ0v) is 10.9. The fraction of sp³-hybridized carbons (Fsp3) is 0.385. The van der Waals surface area contributed by atoms with Crippen LogP contribution >= 0.6 is 0 Å². The Hall–Kier alpha value is -2.08. The van der Waals surface area contributed by atoms with Gasteiger partial charge in [-0.25, -0.2) is 9.59 Å². The van der Waals surface area contributed by atoms with Crippen molar-refractivity contribution >= 4 is 17.7 Å². The van der Waals surface area contributed by atoms with Gasteiger partial charge in [0.1, 0.15) is 0 Å². The number of carbonyl (C=O) groups excluding carboxylic acids is 1. The molecule has 104 valence electrons. The van der Waals surface area contributed by atoms with Crippen molar-refractivity contribution in [2.24, 2.45) is 0 Å². The average molecular weight is 266 g/mol. The highest BCUT2D eigenvalue weighted by Gasteiger charge is 2.13. The molecule has 0 saturated carbocycles. The minimum atomic E-state index is -1.46. The Labute approximate surface area is 111 Å². The van der Waals surface area contributed by atoms with Crippen LogP contribution in [-0.2, 0) is 4.79 Å². The van der Waals surface area contributed by atoms with E-state index in [0.29, 0.717) is 5.69 Å². The molecule has 1 aromatic carbocycles. The SMILES string of the molecule is Cc1cccc(NC(=O)NCC[C@H](O)C(=O)O)c1C. The van der Waals surface area contributed by atoms with Crippen molar-refractivity contribution in [3.8, 4) is 0 Å². The Morgan fingerprint density at radius 2 is 2.00 bits per heavy atom. The van der Waals surface area contributed by atoms with Crippen molar-refractivity contribution in [2.75, 3.05) is 11.9 Å². The molecule has 0 heterocycles. The summed E-state index contributed by atoms with van der Waals surface area (Å²) in [5.74, 6) is -1.29. The van der Waals surface area contributed by atoms with E-state index < -0.39 is 18.1 Å². The summed E-state index contributed by atoms with van der Waals surface area (Å²) in [5, 5.41) is 22.7. The average Bonchev–Trinajstić information content (AvgIpc) is 2.34. The lowest BCUT2D eigenvalue weighted by atomic mass is 10.1. The van der Waals surface area contributed by atoms with Crippen LogP contribution < -0.4 is 10.6 Å². The first-order valence-electron chi connectivity index (χ1n) is 5.93. The Bertz CT molecular complexity index is 474. The second kappa shape index (κ2) is 6.75. The van der Waals surface area contributed by atoms with Gasteiger partial charge in [-0.1, -0.05) is 12.1 Å². The molecule has 6 heteroatoms. The van der Waals surface area contributed by atoms with Gasteiger partial charge in [-0.05, 0) is 31.0 Å². The lowest BCUT2D eigenvalue weighted by molar-refractivity contribution is -0.146. The largest absolute Gasteiger partial charge is 0.479 e. The van der Waals surface area contributed by atoms with Crippen LogP contribution in [0.5, 0.6) is 0 Å². The van der Waals surface area contributed by atoms with Crippen molar-refractivity contribution < 1.29 is 19.8 Å². The number of urea groups is 1. The molecule has 2 amide bonds. The number of aliphatic hydroxyl groups excluding tert-OH is 1. The lowest BCUT2D eigenvalue weighted by Crippen LogP contribution is -2.33. The maximum absolute atomic E-state index is 11.6. The number of amides is 2. The maximum atomic E-state index is 11.6. The smallest absolute Gasteiger partial charge is 0.332 e. The summed E-state index contributed by atoms with van der Waals surface area (Å²) in [5.41, 5.74) is 2.75. The predicted molar refractivity (Wildman–Crippen MR) is 71.2 cm³/mol. The third-order valence-corrected chi connectivity index (χ3v) is 2.84. The second-order valence-electron chi connectivity index (χ2n) is 4.27. The Morgan fingerprint density at radius 3 is 2.63 bits per heavy atom. The van der Waals surface area contributed by atoms with E-state index in [9.17, 15) is 9.59 Å². The van der Waals surface area contributed by atoms with E-state index >= 15 is 0 Å². The van der Waals surface area contributed by atoms with E-state index in [0.717, 1.165) is 11.1 Å². The number of aliphatic carboxylic acids is 1. The van der Waals surface area contributed by atoms with E-state index in [1.807, 2.05) is 26.0 Å². The Kier molecular flexibility index (Phi) is 5.32. The molecule has 0 aliphatic heterocycles. The van der Waals surface area contributed by atoms with Crippen LogP contribution in [0.25, 0.3) is 0 Å². The van der Waals surface area contributed by atoms with Gasteiger partial charge in [0.25, 0.3) is 0 Å². The molecule has 1 rings (SSSR count). The molecule has 0 aliphatic carbocycles. The van der Waals surface area contributed by atoms with Gasteiger partial charge in [0.2, 0.25) is 0 Å². The highest BCUT2D eigenvalue weighted by Crippen LogP contribution is 2.17. The summed E-state index contributed by atoms with van der Waals surface area (Å²) in [4.78, 5) is 21.9. The highest BCUT2D eigenvalue weighted by atomic mass is 16.4. The summed E-state index contributed by atoms with van der Waals surface area (Å²) in [6, 6.07) is 5.15. The summed E-state index contributed by atoms with van der Waals surface area (Å²) in [7, 11) is 0. The molecular formula is C13H18N2O4. The van der Waals surface area contributed by atoms with Gasteiger partial charge in [-0.2, -0.15) is 0 Å². The van der Waals surface area contributed by atoms with E-state index in [2.05, 4.69) is 10.6 Å². The first kappa shape index (κ1) is 15.0. The van der Waals surface area contributed by atoms with Crippen LogP contribution in [0.1, 0.15) is 17.5 Å². The molecule has 0 fully saturated rings. The first-order chi connectivity index (χ1) is 8.91. The molecule has 4 N–H and O–H groups in total. The minimum Gasteiger partial charge on any atom is -0.479 e. The maximum Gasteiger partial charge on any atom is 0.332 e. The van der Waals surface area contributed by atoms with E-state index in [1.165, 1.54) is 0 Å². The van der Waals surface area contributed by atoms with Crippen molar-refractivity contribution in [1.29, 1.82) is 0 Å². The van der Waals surface area contributed by atoms with Crippen molar-refractivity contribution in [2.45, 2.75) is 26.4 Å². The molecule has 0 aliphatic rings. The quantitative estimate of drug-likeness (QED) is 0.644. The molecule has 0 aromatic heterocycles. The second-order valence-corrected chi connectivity index (χ2v) is 4.27. The molecule has 0 radical (unpaired) electrons. The monoisotopic (exact) mass is 266 g/mol. The zero-order chi connectivity index (χ0) is 14.4. The molecule has 0 unspecified atom stereocenters. The summed E-state index contributed by atoms with van der Waals surface area (Å²) in [6.07, 6.45) is -1.49. The van der Waals surface area contributed by atoms with Crippen LogP contribution in [0, 0.1) is 13.8 Å². The van der Waals surface area contributed by atoms with E-state index in [-0.39, 0.29) is 13.0 Å². The van der Waals surface area contributed by atoms with Crippen molar-refractivity contribution in [3.63, 3.8) is 0 Å². The fourth-order valence-corrected chi connectivity index (χ4v) is 1.50. The van der Waals surface area contributed by atoms with Gasteiger partial charge in [0, 0.05) is 18.7 Å². The fourth-order valence-electron chi connectivity index (χ4n) is 1.50. The van der Waals surface area contributed by atoms with Crippen molar-refractivity contribution in [1.82, 2.24) is 5.32 Å². The number of nitrogens with one attached hydrogen (secondary N) is 2. The topological polar surface area (TPSA) is 98.7 Å². The number of hydrogen-bond acceptors (Lipinski definition) is 3. The number of carboxylic acids is 1. The molecule has 0 saturated heterocycles. The number of rotatable bonds is 5. The van der Waals surface area contributed by atoms with Gasteiger partial charge < -0.3 is 20.8 Å². The third-order valence-electron chi connectivity index (χ3n) is 2.84. The van der Waals surface area contributed by atoms with Crippen LogP contribution in [0.2, 0.25) is 0 Å². The number of carboxylic acid groups (broad SMARTS) is 1. The predicted octanol–water partition coefficient (Wildman–Crippen LogP) is 1.26.